The first-order chi connectivity index (χ1) is 7.29. The SMILES string of the molecule is O=Cc1cccc(F)c1OCCCCO. The second kappa shape index (κ2) is 6.14. The van der Waals surface area contributed by atoms with Gasteiger partial charge < -0.3 is 9.84 Å². The highest BCUT2D eigenvalue weighted by molar-refractivity contribution is 5.79. The van der Waals surface area contributed by atoms with E-state index in [2.05, 4.69) is 0 Å². The van der Waals surface area contributed by atoms with Crippen molar-refractivity contribution in [2.24, 2.45) is 0 Å². The van der Waals surface area contributed by atoms with Crippen LogP contribution in [-0.2, 0) is 0 Å². The van der Waals surface area contributed by atoms with E-state index in [-0.39, 0.29) is 17.9 Å². The van der Waals surface area contributed by atoms with Crippen LogP contribution in [-0.4, -0.2) is 24.6 Å². The number of unbranched alkanes of at least 4 members (excludes halogenated alkanes) is 1. The molecule has 1 N–H and O–H groups in total. The summed E-state index contributed by atoms with van der Waals surface area (Å²) in [5.41, 5.74) is 0.207. The zero-order valence-electron chi connectivity index (χ0n) is 8.28. The van der Waals surface area contributed by atoms with Crippen molar-refractivity contribution < 1.29 is 19.0 Å². The Balaban J connectivity index is 2.62. The van der Waals surface area contributed by atoms with Gasteiger partial charge in [-0.3, -0.25) is 4.79 Å². The molecule has 0 fully saturated rings. The van der Waals surface area contributed by atoms with Gasteiger partial charge >= 0.3 is 0 Å². The van der Waals surface area contributed by atoms with Crippen LogP contribution in [0.4, 0.5) is 4.39 Å². The zero-order valence-corrected chi connectivity index (χ0v) is 8.28. The molecular formula is C11H13FO3. The van der Waals surface area contributed by atoms with Crippen molar-refractivity contribution in [2.75, 3.05) is 13.2 Å². The van der Waals surface area contributed by atoms with Crippen LogP contribution in [0, 0.1) is 5.82 Å². The number of hydrogen-bond donors (Lipinski definition) is 1. The molecule has 15 heavy (non-hydrogen) atoms. The van der Waals surface area contributed by atoms with E-state index in [0.717, 1.165) is 0 Å². The maximum Gasteiger partial charge on any atom is 0.165 e. The van der Waals surface area contributed by atoms with E-state index >= 15 is 0 Å². The van der Waals surface area contributed by atoms with Gasteiger partial charge in [-0.25, -0.2) is 4.39 Å². The Morgan fingerprint density at radius 1 is 1.40 bits per heavy atom. The largest absolute Gasteiger partial charge is 0.490 e. The number of carbonyl (C=O) groups is 1. The van der Waals surface area contributed by atoms with Gasteiger partial charge in [0, 0.05) is 6.61 Å². The summed E-state index contributed by atoms with van der Waals surface area (Å²) in [7, 11) is 0. The highest BCUT2D eigenvalue weighted by Crippen LogP contribution is 2.21. The van der Waals surface area contributed by atoms with E-state index in [1.165, 1.54) is 18.2 Å². The molecule has 0 aliphatic rings. The zero-order chi connectivity index (χ0) is 11.1. The summed E-state index contributed by atoms with van der Waals surface area (Å²) < 4.78 is 18.4. The van der Waals surface area contributed by atoms with Gasteiger partial charge in [-0.1, -0.05) is 6.07 Å². The Kier molecular flexibility index (Phi) is 4.77. The number of carbonyl (C=O) groups excluding carboxylic acids is 1. The van der Waals surface area contributed by atoms with E-state index in [0.29, 0.717) is 25.7 Å². The molecule has 82 valence electrons. The van der Waals surface area contributed by atoms with Gasteiger partial charge in [0.1, 0.15) is 0 Å². The smallest absolute Gasteiger partial charge is 0.165 e. The van der Waals surface area contributed by atoms with Crippen LogP contribution in [0.1, 0.15) is 23.2 Å². The van der Waals surface area contributed by atoms with E-state index < -0.39 is 5.82 Å². The predicted molar refractivity (Wildman–Crippen MR) is 53.6 cm³/mol. The molecule has 0 saturated carbocycles. The highest BCUT2D eigenvalue weighted by atomic mass is 19.1. The minimum absolute atomic E-state index is 0.00885. The molecule has 4 heteroatoms. The van der Waals surface area contributed by atoms with Crippen LogP contribution in [0.3, 0.4) is 0 Å². The van der Waals surface area contributed by atoms with Crippen LogP contribution >= 0.6 is 0 Å². The number of aliphatic hydroxyl groups excluding tert-OH is 1. The summed E-state index contributed by atoms with van der Waals surface area (Å²) >= 11 is 0. The second-order valence-electron chi connectivity index (χ2n) is 3.06. The molecule has 0 bridgehead atoms. The van der Waals surface area contributed by atoms with Crippen LogP contribution in [0.5, 0.6) is 5.75 Å². The average Bonchev–Trinajstić information content (AvgIpc) is 2.26. The summed E-state index contributed by atoms with van der Waals surface area (Å²) in [6.07, 6.45) is 1.79. The molecule has 0 amide bonds. The number of benzene rings is 1. The lowest BCUT2D eigenvalue weighted by molar-refractivity contribution is 0.111. The monoisotopic (exact) mass is 212 g/mol. The summed E-state index contributed by atoms with van der Waals surface area (Å²) in [6, 6.07) is 4.20. The van der Waals surface area contributed by atoms with Crippen molar-refractivity contribution in [1.29, 1.82) is 0 Å². The third-order valence-corrected chi connectivity index (χ3v) is 1.92. The fraction of sp³-hybridized carbons (Fsp3) is 0.364. The molecule has 0 aliphatic heterocycles. The summed E-state index contributed by atoms with van der Waals surface area (Å²) in [6.45, 7) is 0.378. The van der Waals surface area contributed by atoms with Gasteiger partial charge in [0.15, 0.2) is 17.9 Å². The van der Waals surface area contributed by atoms with E-state index in [9.17, 15) is 9.18 Å². The predicted octanol–water partition coefficient (Wildman–Crippen LogP) is 1.79. The molecule has 3 nitrogen and oxygen atoms in total. The van der Waals surface area contributed by atoms with Gasteiger partial charge in [-0.05, 0) is 25.0 Å². The Morgan fingerprint density at radius 2 is 2.20 bits per heavy atom. The fourth-order valence-electron chi connectivity index (χ4n) is 1.16. The van der Waals surface area contributed by atoms with Crippen molar-refractivity contribution in [3.63, 3.8) is 0 Å². The van der Waals surface area contributed by atoms with Crippen molar-refractivity contribution in [3.8, 4) is 5.75 Å². The summed E-state index contributed by atoms with van der Waals surface area (Å²) in [5.74, 6) is -0.547. The van der Waals surface area contributed by atoms with Crippen molar-refractivity contribution in [1.82, 2.24) is 0 Å². The molecule has 0 heterocycles. The van der Waals surface area contributed by atoms with E-state index in [1.54, 1.807) is 0 Å². The molecule has 1 aromatic carbocycles. The standard InChI is InChI=1S/C11H13FO3/c12-10-5-3-4-9(8-14)11(10)15-7-2-1-6-13/h3-5,8,13H,1-2,6-7H2. The number of aldehydes is 1. The third kappa shape index (κ3) is 3.32. The number of para-hydroxylation sites is 1. The van der Waals surface area contributed by atoms with Crippen LogP contribution in [0.15, 0.2) is 18.2 Å². The minimum Gasteiger partial charge on any atom is -0.490 e. The molecule has 1 rings (SSSR count). The second-order valence-corrected chi connectivity index (χ2v) is 3.06. The van der Waals surface area contributed by atoms with Gasteiger partial charge in [-0.15, -0.1) is 0 Å². The Bertz CT molecular complexity index is 326. The first-order valence-electron chi connectivity index (χ1n) is 4.77. The molecule has 0 aromatic heterocycles. The lowest BCUT2D eigenvalue weighted by Gasteiger charge is -2.08. The lowest BCUT2D eigenvalue weighted by Crippen LogP contribution is -2.02. The van der Waals surface area contributed by atoms with Crippen LogP contribution < -0.4 is 4.74 Å². The van der Waals surface area contributed by atoms with E-state index in [4.69, 9.17) is 9.84 Å². The Labute approximate surface area is 87.5 Å². The third-order valence-electron chi connectivity index (χ3n) is 1.92. The maximum absolute atomic E-state index is 13.2. The summed E-state index contributed by atoms with van der Waals surface area (Å²) in [5, 5.41) is 8.53. The van der Waals surface area contributed by atoms with Crippen LogP contribution in [0.25, 0.3) is 0 Å². The number of rotatable bonds is 6. The first kappa shape index (κ1) is 11.7. The molecule has 0 saturated heterocycles. The van der Waals surface area contributed by atoms with Gasteiger partial charge in [0.05, 0.1) is 12.2 Å². The van der Waals surface area contributed by atoms with E-state index in [1.807, 2.05) is 0 Å². The highest BCUT2D eigenvalue weighted by Gasteiger charge is 2.08. The van der Waals surface area contributed by atoms with Gasteiger partial charge in [0.25, 0.3) is 0 Å². The number of aliphatic hydroxyl groups is 1. The van der Waals surface area contributed by atoms with Crippen molar-refractivity contribution >= 4 is 6.29 Å². The molecule has 0 atom stereocenters. The molecule has 1 aromatic rings. The van der Waals surface area contributed by atoms with Crippen LogP contribution in [0.2, 0.25) is 0 Å². The number of hydrogen-bond acceptors (Lipinski definition) is 3. The minimum atomic E-state index is -0.538. The number of ether oxygens (including phenoxy) is 1. The first-order valence-corrected chi connectivity index (χ1v) is 4.77. The Morgan fingerprint density at radius 3 is 2.87 bits per heavy atom. The van der Waals surface area contributed by atoms with Gasteiger partial charge in [-0.2, -0.15) is 0 Å². The number of halogens is 1. The van der Waals surface area contributed by atoms with Crippen molar-refractivity contribution in [2.45, 2.75) is 12.8 Å². The molecule has 0 spiro atoms. The molecule has 0 radical (unpaired) electrons. The lowest BCUT2D eigenvalue weighted by atomic mass is 10.2. The molecule has 0 aliphatic carbocycles. The fourth-order valence-corrected chi connectivity index (χ4v) is 1.16. The molecular weight excluding hydrogens is 199 g/mol. The average molecular weight is 212 g/mol. The van der Waals surface area contributed by atoms with Crippen molar-refractivity contribution in [3.05, 3.63) is 29.6 Å². The Hall–Kier alpha value is -1.42. The maximum atomic E-state index is 13.2. The van der Waals surface area contributed by atoms with Gasteiger partial charge in [0.2, 0.25) is 0 Å². The quantitative estimate of drug-likeness (QED) is 0.577. The molecule has 0 unspecified atom stereocenters. The normalized spacial score (nSPS) is 10.0. The summed E-state index contributed by atoms with van der Waals surface area (Å²) in [4.78, 5) is 10.6. The topological polar surface area (TPSA) is 46.5 Å².